The van der Waals surface area contributed by atoms with Crippen molar-refractivity contribution in [2.24, 2.45) is 5.10 Å². The van der Waals surface area contributed by atoms with Crippen LogP contribution in [0.1, 0.15) is 12.6 Å². The molecule has 0 aliphatic heterocycles. The molecule has 0 atom stereocenters. The van der Waals surface area contributed by atoms with Gasteiger partial charge < -0.3 is 0 Å². The third kappa shape index (κ3) is 3.32. The van der Waals surface area contributed by atoms with Crippen LogP contribution in [0, 0.1) is 10.1 Å². The molecule has 1 heterocycles. The van der Waals surface area contributed by atoms with Crippen LogP contribution >= 0.6 is 0 Å². The number of nitrogens with zero attached hydrogens (tertiary/aromatic N) is 4. The first kappa shape index (κ1) is 12.6. The number of rotatable bonds is 4. The molecule has 0 aliphatic rings. The Bertz CT molecular complexity index is 595. The summed E-state index contributed by atoms with van der Waals surface area (Å²) in [7, 11) is 0. The largest absolute Gasteiger partial charge is 0.278 e. The Morgan fingerprint density at radius 1 is 1.32 bits per heavy atom. The van der Waals surface area contributed by atoms with E-state index in [0.29, 0.717) is 17.1 Å². The van der Waals surface area contributed by atoms with E-state index in [2.05, 4.69) is 20.5 Å². The zero-order valence-electron chi connectivity index (χ0n) is 10.1. The van der Waals surface area contributed by atoms with Gasteiger partial charge in [-0.2, -0.15) is 5.10 Å². The second kappa shape index (κ2) is 5.67. The van der Waals surface area contributed by atoms with Gasteiger partial charge in [-0.1, -0.05) is 0 Å². The number of nitrogens with one attached hydrogen (secondary N) is 1. The first-order chi connectivity index (χ1) is 9.16. The van der Waals surface area contributed by atoms with E-state index in [1.807, 2.05) is 0 Å². The highest BCUT2D eigenvalue weighted by atomic mass is 16.6. The first-order valence-corrected chi connectivity index (χ1v) is 5.48. The lowest BCUT2D eigenvalue weighted by molar-refractivity contribution is -0.384. The van der Waals surface area contributed by atoms with Gasteiger partial charge in [-0.25, -0.2) is 0 Å². The molecule has 0 aliphatic carbocycles. The fraction of sp³-hybridized carbons (Fsp3) is 0.0833. The Balaban J connectivity index is 2.08. The maximum absolute atomic E-state index is 10.5. The van der Waals surface area contributed by atoms with Gasteiger partial charge in [0.15, 0.2) is 0 Å². The Morgan fingerprint density at radius 2 is 2.05 bits per heavy atom. The van der Waals surface area contributed by atoms with Crippen LogP contribution in [-0.2, 0) is 0 Å². The van der Waals surface area contributed by atoms with E-state index in [1.54, 1.807) is 37.6 Å². The summed E-state index contributed by atoms with van der Waals surface area (Å²) in [4.78, 5) is 18.1. The fourth-order valence-corrected chi connectivity index (χ4v) is 1.35. The van der Waals surface area contributed by atoms with Crippen molar-refractivity contribution in [3.63, 3.8) is 0 Å². The van der Waals surface area contributed by atoms with Gasteiger partial charge in [0.2, 0.25) is 0 Å². The van der Waals surface area contributed by atoms with Gasteiger partial charge in [0.1, 0.15) is 5.69 Å². The van der Waals surface area contributed by atoms with Crippen LogP contribution in [0.2, 0.25) is 0 Å². The molecule has 0 amide bonds. The minimum atomic E-state index is -0.447. The molecule has 0 bridgehead atoms. The molecule has 2 rings (SSSR count). The zero-order valence-corrected chi connectivity index (χ0v) is 10.1. The molecule has 1 N–H and O–H groups in total. The standard InChI is InChI=1S/C12H11N5O2/c1-9(12-8-13-6-7-14-12)15-16-10-2-4-11(5-3-10)17(18)19/h2-8,16H,1H3/b15-9+. The maximum atomic E-state index is 10.5. The normalized spacial score (nSPS) is 11.1. The smallest absolute Gasteiger partial charge is 0.269 e. The summed E-state index contributed by atoms with van der Waals surface area (Å²) in [5.74, 6) is 0. The van der Waals surface area contributed by atoms with Gasteiger partial charge in [0.25, 0.3) is 5.69 Å². The lowest BCUT2D eigenvalue weighted by Gasteiger charge is -2.02. The van der Waals surface area contributed by atoms with E-state index >= 15 is 0 Å². The second-order valence-electron chi connectivity index (χ2n) is 3.70. The SMILES string of the molecule is C/C(=N\Nc1ccc([N+](=O)[O-])cc1)c1cnccn1. The number of aromatic nitrogens is 2. The average molecular weight is 257 g/mol. The summed E-state index contributed by atoms with van der Waals surface area (Å²) in [5, 5.41) is 14.6. The van der Waals surface area contributed by atoms with E-state index < -0.39 is 4.92 Å². The van der Waals surface area contributed by atoms with Crippen LogP contribution < -0.4 is 5.43 Å². The van der Waals surface area contributed by atoms with Crippen LogP contribution in [0.15, 0.2) is 48.0 Å². The Hall–Kier alpha value is -2.83. The molecule has 1 aromatic heterocycles. The summed E-state index contributed by atoms with van der Waals surface area (Å²) in [6, 6.07) is 6.00. The van der Waals surface area contributed by atoms with Crippen molar-refractivity contribution in [1.82, 2.24) is 9.97 Å². The number of hydrogen-bond donors (Lipinski definition) is 1. The van der Waals surface area contributed by atoms with Crippen molar-refractivity contribution in [1.29, 1.82) is 0 Å². The summed E-state index contributed by atoms with van der Waals surface area (Å²) in [6.07, 6.45) is 4.77. The highest BCUT2D eigenvalue weighted by molar-refractivity contribution is 5.97. The Labute approximate surface area is 109 Å². The molecule has 7 heteroatoms. The molecule has 0 unspecified atom stereocenters. The zero-order chi connectivity index (χ0) is 13.7. The number of anilines is 1. The van der Waals surface area contributed by atoms with Crippen molar-refractivity contribution >= 4 is 17.1 Å². The van der Waals surface area contributed by atoms with Crippen LogP contribution in [0.5, 0.6) is 0 Å². The number of hydrogen-bond acceptors (Lipinski definition) is 6. The summed E-state index contributed by atoms with van der Waals surface area (Å²) in [5.41, 5.74) is 4.85. The van der Waals surface area contributed by atoms with Gasteiger partial charge in [0.05, 0.1) is 22.5 Å². The van der Waals surface area contributed by atoms with Crippen LogP contribution in [0.25, 0.3) is 0 Å². The first-order valence-electron chi connectivity index (χ1n) is 5.48. The number of nitro groups is 1. The van der Waals surface area contributed by atoms with Crippen molar-refractivity contribution in [3.8, 4) is 0 Å². The van der Waals surface area contributed by atoms with E-state index in [1.165, 1.54) is 12.1 Å². The molecule has 19 heavy (non-hydrogen) atoms. The highest BCUT2D eigenvalue weighted by Crippen LogP contribution is 2.15. The second-order valence-corrected chi connectivity index (χ2v) is 3.70. The summed E-state index contributed by atoms with van der Waals surface area (Å²) < 4.78 is 0. The lowest BCUT2D eigenvalue weighted by Crippen LogP contribution is -2.02. The summed E-state index contributed by atoms with van der Waals surface area (Å²) in [6.45, 7) is 1.79. The predicted octanol–water partition coefficient (Wildman–Crippen LogP) is 2.22. The van der Waals surface area contributed by atoms with Gasteiger partial charge >= 0.3 is 0 Å². The Kier molecular flexibility index (Phi) is 3.77. The average Bonchev–Trinajstić information content (AvgIpc) is 2.46. The quantitative estimate of drug-likeness (QED) is 0.515. The van der Waals surface area contributed by atoms with Crippen molar-refractivity contribution in [2.45, 2.75) is 6.92 Å². The number of benzene rings is 1. The number of non-ortho nitro benzene ring substituents is 1. The fourth-order valence-electron chi connectivity index (χ4n) is 1.35. The number of nitro benzene ring substituents is 1. The molecular formula is C12H11N5O2. The van der Waals surface area contributed by atoms with Crippen LogP contribution in [0.4, 0.5) is 11.4 Å². The molecule has 0 saturated carbocycles. The molecule has 1 aromatic carbocycles. The van der Waals surface area contributed by atoms with Gasteiger partial charge in [0, 0.05) is 24.5 Å². The molecule has 0 radical (unpaired) electrons. The molecule has 0 fully saturated rings. The van der Waals surface area contributed by atoms with Gasteiger partial charge in [-0.05, 0) is 19.1 Å². The third-order valence-corrected chi connectivity index (χ3v) is 2.36. The molecular weight excluding hydrogens is 246 g/mol. The monoisotopic (exact) mass is 257 g/mol. The molecule has 7 nitrogen and oxygen atoms in total. The lowest BCUT2D eigenvalue weighted by atomic mass is 10.3. The number of hydrazone groups is 1. The van der Waals surface area contributed by atoms with E-state index in [0.717, 1.165) is 0 Å². The predicted molar refractivity (Wildman–Crippen MR) is 71.0 cm³/mol. The Morgan fingerprint density at radius 3 is 2.63 bits per heavy atom. The minimum Gasteiger partial charge on any atom is -0.278 e. The molecule has 2 aromatic rings. The van der Waals surface area contributed by atoms with E-state index in [9.17, 15) is 10.1 Å². The van der Waals surface area contributed by atoms with Crippen LogP contribution in [-0.4, -0.2) is 20.6 Å². The maximum Gasteiger partial charge on any atom is 0.269 e. The van der Waals surface area contributed by atoms with Gasteiger partial charge in [-0.3, -0.25) is 25.5 Å². The minimum absolute atomic E-state index is 0.0418. The topological polar surface area (TPSA) is 93.3 Å². The van der Waals surface area contributed by atoms with Gasteiger partial charge in [-0.15, -0.1) is 0 Å². The highest BCUT2D eigenvalue weighted by Gasteiger charge is 2.03. The van der Waals surface area contributed by atoms with Crippen molar-refractivity contribution in [2.75, 3.05) is 5.43 Å². The van der Waals surface area contributed by atoms with Crippen molar-refractivity contribution in [3.05, 3.63) is 58.7 Å². The third-order valence-electron chi connectivity index (χ3n) is 2.36. The van der Waals surface area contributed by atoms with E-state index in [4.69, 9.17) is 0 Å². The van der Waals surface area contributed by atoms with Crippen molar-refractivity contribution < 1.29 is 4.92 Å². The van der Waals surface area contributed by atoms with Crippen LogP contribution in [0.3, 0.4) is 0 Å². The molecule has 96 valence electrons. The summed E-state index contributed by atoms with van der Waals surface area (Å²) >= 11 is 0. The molecule has 0 saturated heterocycles. The van der Waals surface area contributed by atoms with E-state index in [-0.39, 0.29) is 5.69 Å². The molecule has 0 spiro atoms.